The Bertz CT molecular complexity index is 1130. The van der Waals surface area contributed by atoms with E-state index in [1.165, 1.54) is 12.1 Å². The third-order valence-corrected chi connectivity index (χ3v) is 6.63. The van der Waals surface area contributed by atoms with Crippen molar-refractivity contribution < 1.29 is 14.0 Å². The van der Waals surface area contributed by atoms with Crippen LogP contribution in [0.5, 0.6) is 0 Å². The zero-order chi connectivity index (χ0) is 22.1. The van der Waals surface area contributed by atoms with E-state index in [2.05, 4.69) is 10.3 Å². The average molecular weight is 434 g/mol. The Morgan fingerprint density at radius 1 is 1.03 bits per heavy atom. The molecule has 166 valence electrons. The lowest BCUT2D eigenvalue weighted by Gasteiger charge is -2.32. The number of likely N-dealkylation sites (tertiary alicyclic amines) is 1. The van der Waals surface area contributed by atoms with Gasteiger partial charge in [-0.1, -0.05) is 30.3 Å². The van der Waals surface area contributed by atoms with Gasteiger partial charge in [0.15, 0.2) is 0 Å². The minimum Gasteiger partial charge on any atom is -0.354 e. The fraction of sp³-hybridized carbons (Fsp3) is 0.385. The summed E-state index contributed by atoms with van der Waals surface area (Å²) in [5.74, 6) is 0.256. The largest absolute Gasteiger partial charge is 0.354 e. The van der Waals surface area contributed by atoms with Crippen LogP contribution in [0.2, 0.25) is 0 Å². The first-order valence-electron chi connectivity index (χ1n) is 11.5. The van der Waals surface area contributed by atoms with Gasteiger partial charge in [-0.3, -0.25) is 9.59 Å². The highest BCUT2D eigenvalue weighted by Crippen LogP contribution is 2.33. The molecule has 2 aromatic carbocycles. The highest BCUT2D eigenvalue weighted by molar-refractivity contribution is 5.91. The van der Waals surface area contributed by atoms with Crippen LogP contribution in [0.15, 0.2) is 48.5 Å². The number of hydrogen-bond acceptors (Lipinski definition) is 2. The minimum atomic E-state index is -0.283. The SMILES string of the molecule is O=C(CCc1c(-c2ccccc2)[nH]c2ccc(F)cc12)NC1CCN(C(=O)C2CC2)CC1. The Morgan fingerprint density at radius 3 is 2.50 bits per heavy atom. The van der Waals surface area contributed by atoms with Crippen LogP contribution in [0.3, 0.4) is 0 Å². The van der Waals surface area contributed by atoms with Crippen molar-refractivity contribution in [2.75, 3.05) is 13.1 Å². The van der Waals surface area contributed by atoms with Gasteiger partial charge in [-0.05, 0) is 61.4 Å². The molecule has 5 nitrogen and oxygen atoms in total. The van der Waals surface area contributed by atoms with Gasteiger partial charge in [-0.15, -0.1) is 0 Å². The number of amides is 2. The topological polar surface area (TPSA) is 65.2 Å². The smallest absolute Gasteiger partial charge is 0.225 e. The van der Waals surface area contributed by atoms with Crippen molar-refractivity contribution in [2.24, 2.45) is 5.92 Å². The number of hydrogen-bond donors (Lipinski definition) is 2. The van der Waals surface area contributed by atoms with Gasteiger partial charge in [0.1, 0.15) is 5.82 Å². The van der Waals surface area contributed by atoms with Crippen LogP contribution >= 0.6 is 0 Å². The normalized spacial score (nSPS) is 17.0. The summed E-state index contributed by atoms with van der Waals surface area (Å²) < 4.78 is 14.0. The van der Waals surface area contributed by atoms with Crippen molar-refractivity contribution in [3.8, 4) is 11.3 Å². The second kappa shape index (κ2) is 8.77. The molecule has 32 heavy (non-hydrogen) atoms. The maximum Gasteiger partial charge on any atom is 0.225 e. The van der Waals surface area contributed by atoms with Crippen molar-refractivity contribution in [3.05, 3.63) is 59.9 Å². The number of nitrogens with zero attached hydrogens (tertiary/aromatic N) is 1. The number of aromatic amines is 1. The number of halogens is 1. The fourth-order valence-corrected chi connectivity index (χ4v) is 4.70. The van der Waals surface area contributed by atoms with Crippen molar-refractivity contribution in [2.45, 2.75) is 44.6 Å². The number of nitrogens with one attached hydrogen (secondary N) is 2. The van der Waals surface area contributed by atoms with Gasteiger partial charge in [0.2, 0.25) is 11.8 Å². The minimum absolute atomic E-state index is 0.00161. The summed E-state index contributed by atoms with van der Waals surface area (Å²) >= 11 is 0. The number of fused-ring (bicyclic) bond motifs is 1. The zero-order valence-electron chi connectivity index (χ0n) is 18.1. The first-order chi connectivity index (χ1) is 15.6. The molecule has 2 heterocycles. The van der Waals surface area contributed by atoms with E-state index in [9.17, 15) is 14.0 Å². The van der Waals surface area contributed by atoms with Crippen molar-refractivity contribution in [3.63, 3.8) is 0 Å². The Balaban J connectivity index is 1.24. The molecule has 0 unspecified atom stereocenters. The van der Waals surface area contributed by atoms with Crippen LogP contribution in [0.25, 0.3) is 22.2 Å². The van der Waals surface area contributed by atoms with E-state index >= 15 is 0 Å². The third-order valence-electron chi connectivity index (χ3n) is 6.63. The third kappa shape index (κ3) is 4.40. The van der Waals surface area contributed by atoms with E-state index < -0.39 is 0 Å². The molecule has 2 fully saturated rings. The van der Waals surface area contributed by atoms with Gasteiger partial charge >= 0.3 is 0 Å². The number of H-pyrrole nitrogens is 1. The van der Waals surface area contributed by atoms with Gasteiger partial charge in [0, 0.05) is 48.1 Å². The van der Waals surface area contributed by atoms with Crippen molar-refractivity contribution >= 4 is 22.7 Å². The molecule has 1 aliphatic heterocycles. The molecule has 2 amide bonds. The summed E-state index contributed by atoms with van der Waals surface area (Å²) in [6, 6.07) is 14.8. The maximum atomic E-state index is 14.0. The molecule has 0 radical (unpaired) electrons. The lowest BCUT2D eigenvalue weighted by Crippen LogP contribution is -2.47. The summed E-state index contributed by atoms with van der Waals surface area (Å²) in [6.45, 7) is 1.44. The van der Waals surface area contributed by atoms with Gasteiger partial charge in [-0.2, -0.15) is 0 Å². The standard InChI is InChI=1S/C26H28FN3O2/c27-19-8-10-23-22(16-19)21(25(29-23)17-4-2-1-3-5-17)9-11-24(31)28-20-12-14-30(15-13-20)26(32)18-6-7-18/h1-5,8,10,16,18,20,29H,6-7,9,11-15H2,(H,28,31). The molecule has 0 spiro atoms. The number of carbonyl (C=O) groups is 2. The molecule has 0 bridgehead atoms. The Labute approximate surface area is 187 Å². The van der Waals surface area contributed by atoms with Crippen LogP contribution in [0, 0.1) is 11.7 Å². The van der Waals surface area contributed by atoms with E-state index in [0.717, 1.165) is 66.5 Å². The molecular formula is C26H28FN3O2. The molecule has 3 aromatic rings. The molecule has 0 atom stereocenters. The van der Waals surface area contributed by atoms with E-state index in [1.54, 1.807) is 6.07 Å². The summed E-state index contributed by atoms with van der Waals surface area (Å²) in [4.78, 5) is 30.3. The first-order valence-corrected chi connectivity index (χ1v) is 11.5. The lowest BCUT2D eigenvalue weighted by atomic mass is 10.00. The quantitative estimate of drug-likeness (QED) is 0.604. The van der Waals surface area contributed by atoms with Gasteiger partial charge in [0.05, 0.1) is 0 Å². The second-order valence-electron chi connectivity index (χ2n) is 8.98. The van der Waals surface area contributed by atoms with Gasteiger partial charge < -0.3 is 15.2 Å². The number of carbonyl (C=O) groups excluding carboxylic acids is 2. The molecule has 6 heteroatoms. The molecule has 2 aliphatic rings. The molecule has 1 aliphatic carbocycles. The van der Waals surface area contributed by atoms with E-state index in [-0.39, 0.29) is 29.6 Å². The summed E-state index contributed by atoms with van der Waals surface area (Å²) in [5.41, 5.74) is 3.79. The van der Waals surface area contributed by atoms with Crippen LogP contribution < -0.4 is 5.32 Å². The zero-order valence-corrected chi connectivity index (χ0v) is 18.1. The summed E-state index contributed by atoms with van der Waals surface area (Å²) in [7, 11) is 0. The summed E-state index contributed by atoms with van der Waals surface area (Å²) in [6.07, 6.45) is 4.52. The van der Waals surface area contributed by atoms with E-state index in [1.807, 2.05) is 35.2 Å². The number of aromatic nitrogens is 1. The Hall–Kier alpha value is -3.15. The molecule has 5 rings (SSSR count). The number of aryl methyl sites for hydroxylation is 1. The lowest BCUT2D eigenvalue weighted by molar-refractivity contribution is -0.133. The monoisotopic (exact) mass is 433 g/mol. The van der Waals surface area contributed by atoms with Crippen molar-refractivity contribution in [1.82, 2.24) is 15.2 Å². The van der Waals surface area contributed by atoms with Crippen LogP contribution in [0.1, 0.15) is 37.7 Å². The second-order valence-corrected chi connectivity index (χ2v) is 8.98. The molecular weight excluding hydrogens is 405 g/mol. The molecule has 1 saturated heterocycles. The fourth-order valence-electron chi connectivity index (χ4n) is 4.70. The van der Waals surface area contributed by atoms with Gasteiger partial charge in [-0.25, -0.2) is 4.39 Å². The average Bonchev–Trinajstić information content (AvgIpc) is 3.60. The Morgan fingerprint density at radius 2 is 1.78 bits per heavy atom. The van der Waals surface area contributed by atoms with Gasteiger partial charge in [0.25, 0.3) is 0 Å². The predicted molar refractivity (Wildman–Crippen MR) is 122 cm³/mol. The first kappa shape index (κ1) is 20.7. The molecule has 1 saturated carbocycles. The van der Waals surface area contributed by atoms with Crippen LogP contribution in [-0.2, 0) is 16.0 Å². The predicted octanol–water partition coefficient (Wildman–Crippen LogP) is 4.42. The highest BCUT2D eigenvalue weighted by Gasteiger charge is 2.35. The molecule has 1 aromatic heterocycles. The van der Waals surface area contributed by atoms with Crippen LogP contribution in [0.4, 0.5) is 4.39 Å². The van der Waals surface area contributed by atoms with Crippen molar-refractivity contribution in [1.29, 1.82) is 0 Å². The highest BCUT2D eigenvalue weighted by atomic mass is 19.1. The van der Waals surface area contributed by atoms with E-state index in [4.69, 9.17) is 0 Å². The maximum absolute atomic E-state index is 14.0. The van der Waals surface area contributed by atoms with Crippen LogP contribution in [-0.4, -0.2) is 40.8 Å². The Kier molecular flexibility index (Phi) is 5.68. The number of benzene rings is 2. The number of piperidine rings is 1. The number of rotatable bonds is 6. The molecule has 2 N–H and O–H groups in total. The summed E-state index contributed by atoms with van der Waals surface area (Å²) in [5, 5.41) is 3.97. The van der Waals surface area contributed by atoms with E-state index in [0.29, 0.717) is 12.8 Å².